The van der Waals surface area contributed by atoms with Gasteiger partial charge in [-0.1, -0.05) is 103 Å². The van der Waals surface area contributed by atoms with Crippen molar-refractivity contribution in [3.05, 3.63) is 144 Å². The van der Waals surface area contributed by atoms with E-state index in [1.54, 1.807) is 0 Å². The molecule has 1 aliphatic heterocycles. The first kappa shape index (κ1) is 25.2. The summed E-state index contributed by atoms with van der Waals surface area (Å²) in [7, 11) is 2.20. The van der Waals surface area contributed by atoms with E-state index >= 15 is 0 Å². The predicted molar refractivity (Wildman–Crippen MR) is 173 cm³/mol. The number of rotatable bonds is 4. The number of likely N-dealkylation sites (N-methyl/N-ethyl adjacent to an activating group) is 1. The molecule has 4 nitrogen and oxygen atoms in total. The largest absolute Gasteiger partial charge is 0.455 e. The molecule has 0 amide bonds. The molecular weight excluding hydrogens is 514 g/mol. The van der Waals surface area contributed by atoms with Crippen LogP contribution in [0.15, 0.2) is 137 Å². The van der Waals surface area contributed by atoms with Gasteiger partial charge in [-0.15, -0.1) is 0 Å². The average Bonchev–Trinajstić information content (AvgIpc) is 3.45. The maximum atomic E-state index is 6.27. The molecule has 1 aromatic heterocycles. The number of hydrogen-bond acceptors (Lipinski definition) is 4. The molecule has 0 spiro atoms. The molecule has 3 atom stereocenters. The Balaban J connectivity index is 1.11. The normalized spacial score (nSPS) is 21.3. The van der Waals surface area contributed by atoms with Gasteiger partial charge in [0.25, 0.3) is 0 Å². The summed E-state index contributed by atoms with van der Waals surface area (Å²) in [5, 5.41) is 12.4. The molecule has 1 saturated heterocycles. The van der Waals surface area contributed by atoms with Crippen molar-refractivity contribution in [2.24, 2.45) is 0 Å². The van der Waals surface area contributed by atoms with Crippen LogP contribution in [0.5, 0.6) is 0 Å². The first-order valence-electron chi connectivity index (χ1n) is 14.8. The predicted octanol–water partition coefficient (Wildman–Crippen LogP) is 8.83. The highest BCUT2D eigenvalue weighted by Gasteiger charge is 2.35. The number of benzene rings is 5. The fourth-order valence-corrected chi connectivity index (χ4v) is 6.63. The van der Waals surface area contributed by atoms with Gasteiger partial charge in [0.15, 0.2) is 0 Å². The van der Waals surface area contributed by atoms with Crippen molar-refractivity contribution < 1.29 is 4.42 Å². The van der Waals surface area contributed by atoms with Crippen LogP contribution in [-0.4, -0.2) is 18.1 Å². The third-order valence-corrected chi connectivity index (χ3v) is 8.86. The van der Waals surface area contributed by atoms with Crippen molar-refractivity contribution in [2.75, 3.05) is 7.05 Å². The molecule has 42 heavy (non-hydrogen) atoms. The summed E-state index contributed by atoms with van der Waals surface area (Å²) in [5.74, 6) is 0. The van der Waals surface area contributed by atoms with Gasteiger partial charge in [0, 0.05) is 16.2 Å². The number of nitrogens with zero attached hydrogens (tertiary/aromatic N) is 1. The van der Waals surface area contributed by atoms with Crippen molar-refractivity contribution in [1.29, 1.82) is 0 Å². The average molecular weight is 548 g/mol. The van der Waals surface area contributed by atoms with E-state index in [1.807, 2.05) is 12.1 Å². The van der Waals surface area contributed by atoms with Gasteiger partial charge in [-0.05, 0) is 77.4 Å². The summed E-state index contributed by atoms with van der Waals surface area (Å²) >= 11 is 0. The Labute approximate surface area is 246 Å². The van der Waals surface area contributed by atoms with Crippen LogP contribution in [0.1, 0.15) is 36.3 Å². The minimum Gasteiger partial charge on any atom is -0.455 e. The number of allylic oxidation sites excluding steroid dienone is 2. The molecule has 5 aromatic carbocycles. The molecule has 0 saturated carbocycles. The van der Waals surface area contributed by atoms with Crippen LogP contribution < -0.4 is 10.6 Å². The van der Waals surface area contributed by atoms with Gasteiger partial charge in [0.1, 0.15) is 11.2 Å². The number of furan rings is 1. The van der Waals surface area contributed by atoms with Crippen LogP contribution in [0.2, 0.25) is 0 Å². The molecule has 8 rings (SSSR count). The maximum absolute atomic E-state index is 6.27. The first-order chi connectivity index (χ1) is 20.7. The van der Waals surface area contributed by atoms with Crippen molar-refractivity contribution >= 4 is 32.7 Å². The third kappa shape index (κ3) is 4.36. The standard InChI is InChI=1S/C38H33N3O/c1-41-37(27-10-4-2-5-11-27)39-36(40-38(41)28-12-6-3-7-13-28)26-18-16-25(17-19-26)29-20-22-31-30(24-29)21-23-33-32-14-8-9-15-34(32)42-35(31)33/h2,4-6,8-24,36-40H,3,7H2,1H3. The van der Waals surface area contributed by atoms with Crippen molar-refractivity contribution in [1.82, 2.24) is 15.5 Å². The highest BCUT2D eigenvalue weighted by Crippen LogP contribution is 2.36. The van der Waals surface area contributed by atoms with E-state index in [-0.39, 0.29) is 18.5 Å². The van der Waals surface area contributed by atoms with Gasteiger partial charge in [-0.2, -0.15) is 0 Å². The van der Waals surface area contributed by atoms with Crippen LogP contribution in [0.4, 0.5) is 0 Å². The van der Waals surface area contributed by atoms with E-state index in [1.165, 1.54) is 38.6 Å². The molecule has 206 valence electrons. The Bertz CT molecular complexity index is 1970. The van der Waals surface area contributed by atoms with Crippen LogP contribution in [0.3, 0.4) is 0 Å². The lowest BCUT2D eigenvalue weighted by molar-refractivity contribution is 0.0629. The molecule has 1 fully saturated rings. The molecule has 6 aromatic rings. The smallest absolute Gasteiger partial charge is 0.143 e. The zero-order valence-electron chi connectivity index (χ0n) is 23.6. The quantitative estimate of drug-likeness (QED) is 0.231. The van der Waals surface area contributed by atoms with E-state index in [9.17, 15) is 0 Å². The second kappa shape index (κ2) is 10.4. The lowest BCUT2D eigenvalue weighted by atomic mass is 9.97. The molecule has 1 aliphatic carbocycles. The second-order valence-electron chi connectivity index (χ2n) is 11.4. The van der Waals surface area contributed by atoms with Gasteiger partial charge in [-0.3, -0.25) is 15.5 Å². The van der Waals surface area contributed by atoms with Gasteiger partial charge in [0.05, 0.1) is 18.5 Å². The summed E-state index contributed by atoms with van der Waals surface area (Å²) in [6.07, 6.45) is 9.38. The fourth-order valence-electron chi connectivity index (χ4n) is 6.63. The Kier molecular flexibility index (Phi) is 6.26. The summed E-state index contributed by atoms with van der Waals surface area (Å²) < 4.78 is 6.27. The SMILES string of the molecule is CN1C(C2=CCCC=C2)NC(c2ccc(-c3ccc4c(ccc5c6ccccc6oc45)c3)cc2)NC1c1ccccc1. The number of hydrogen-bond donors (Lipinski definition) is 2. The molecule has 3 unspecified atom stereocenters. The van der Waals surface area contributed by atoms with Crippen LogP contribution in [0.25, 0.3) is 43.8 Å². The monoisotopic (exact) mass is 547 g/mol. The van der Waals surface area contributed by atoms with Crippen LogP contribution in [-0.2, 0) is 0 Å². The minimum absolute atomic E-state index is 0.0136. The summed E-state index contributed by atoms with van der Waals surface area (Å²) in [6, 6.07) is 39.1. The lowest BCUT2D eigenvalue weighted by Crippen LogP contribution is -2.60. The Hall–Kier alpha value is -4.48. The van der Waals surface area contributed by atoms with E-state index in [4.69, 9.17) is 4.42 Å². The summed E-state index contributed by atoms with van der Waals surface area (Å²) in [4.78, 5) is 2.40. The summed E-state index contributed by atoms with van der Waals surface area (Å²) in [6.45, 7) is 0. The summed E-state index contributed by atoms with van der Waals surface area (Å²) in [5.41, 5.74) is 8.12. The Morgan fingerprint density at radius 2 is 1.43 bits per heavy atom. The van der Waals surface area contributed by atoms with Crippen LogP contribution >= 0.6 is 0 Å². The van der Waals surface area contributed by atoms with E-state index in [0.29, 0.717) is 0 Å². The van der Waals surface area contributed by atoms with Crippen molar-refractivity contribution in [2.45, 2.75) is 31.3 Å². The van der Waals surface area contributed by atoms with Gasteiger partial charge >= 0.3 is 0 Å². The van der Waals surface area contributed by atoms with E-state index < -0.39 is 0 Å². The molecule has 0 radical (unpaired) electrons. The van der Waals surface area contributed by atoms with Gasteiger partial charge in [0.2, 0.25) is 0 Å². The Morgan fingerprint density at radius 1 is 0.667 bits per heavy atom. The van der Waals surface area contributed by atoms with E-state index in [2.05, 4.69) is 138 Å². The van der Waals surface area contributed by atoms with Crippen LogP contribution in [0, 0.1) is 0 Å². The van der Waals surface area contributed by atoms with E-state index in [0.717, 1.165) is 34.8 Å². The molecule has 0 bridgehead atoms. The highest BCUT2D eigenvalue weighted by molar-refractivity contribution is 6.15. The topological polar surface area (TPSA) is 40.4 Å². The number of fused-ring (bicyclic) bond motifs is 5. The third-order valence-electron chi connectivity index (χ3n) is 8.86. The number of para-hydroxylation sites is 1. The maximum Gasteiger partial charge on any atom is 0.143 e. The van der Waals surface area contributed by atoms with Gasteiger partial charge in [-0.25, -0.2) is 0 Å². The lowest BCUT2D eigenvalue weighted by Gasteiger charge is -2.46. The zero-order chi connectivity index (χ0) is 28.0. The van der Waals surface area contributed by atoms with Crippen molar-refractivity contribution in [3.63, 3.8) is 0 Å². The molecule has 2 heterocycles. The van der Waals surface area contributed by atoms with Crippen molar-refractivity contribution in [3.8, 4) is 11.1 Å². The highest BCUT2D eigenvalue weighted by atomic mass is 16.3. The molecule has 4 heteroatoms. The molecule has 2 N–H and O–H groups in total. The molecule has 2 aliphatic rings. The molecular formula is C38H33N3O. The second-order valence-corrected chi connectivity index (χ2v) is 11.4. The van der Waals surface area contributed by atoms with Gasteiger partial charge < -0.3 is 4.42 Å². The number of nitrogens with one attached hydrogen (secondary N) is 2. The minimum atomic E-state index is 0.0136. The fraction of sp³-hybridized carbons (Fsp3) is 0.158. The Morgan fingerprint density at radius 3 is 2.26 bits per heavy atom. The first-order valence-corrected chi connectivity index (χ1v) is 14.8. The zero-order valence-corrected chi connectivity index (χ0v) is 23.6.